The van der Waals surface area contributed by atoms with E-state index in [1.54, 1.807) is 24.3 Å². The molecule has 0 atom stereocenters. The van der Waals surface area contributed by atoms with E-state index in [9.17, 15) is 14.9 Å². The fraction of sp³-hybridized carbons (Fsp3) is 0. The number of hydrogen-bond acceptors (Lipinski definition) is 4. The number of nitrogens with one attached hydrogen (secondary N) is 1. The molecule has 0 aliphatic carbocycles. The Bertz CT molecular complexity index is 716. The van der Waals surface area contributed by atoms with Crippen LogP contribution in [-0.4, -0.2) is 10.8 Å². The van der Waals surface area contributed by atoms with Gasteiger partial charge in [-0.05, 0) is 29.8 Å². The van der Waals surface area contributed by atoms with E-state index < -0.39 is 4.92 Å². The van der Waals surface area contributed by atoms with Crippen LogP contribution in [0, 0.1) is 10.1 Å². The first-order valence-electron chi connectivity index (χ1n) is 6.04. The number of rotatable bonds is 5. The maximum absolute atomic E-state index is 11.7. The minimum absolute atomic E-state index is 0.233. The predicted octanol–water partition coefficient (Wildman–Crippen LogP) is 3.48. The van der Waals surface area contributed by atoms with Gasteiger partial charge in [-0.25, -0.2) is 0 Å². The van der Waals surface area contributed by atoms with Crippen LogP contribution in [0.3, 0.4) is 0 Å². The van der Waals surface area contributed by atoms with Gasteiger partial charge in [-0.3, -0.25) is 14.9 Å². The van der Waals surface area contributed by atoms with E-state index in [0.29, 0.717) is 5.69 Å². The first kappa shape index (κ1) is 14.3. The second-order valence-electron chi connectivity index (χ2n) is 4.09. The number of nitro groups is 1. The number of hydrogen-bond donors (Lipinski definition) is 1. The third kappa shape index (κ3) is 3.90. The van der Waals surface area contributed by atoms with Gasteiger partial charge < -0.3 is 9.73 Å². The number of furan rings is 1. The van der Waals surface area contributed by atoms with Crippen molar-refractivity contribution in [3.05, 3.63) is 70.5 Å². The minimum Gasteiger partial charge on any atom is -0.401 e. The normalized spacial score (nSPS) is 10.5. The topological polar surface area (TPSA) is 85.4 Å². The van der Waals surface area contributed by atoms with Crippen molar-refractivity contribution >= 4 is 29.6 Å². The molecule has 1 aromatic carbocycles. The number of carbonyl (C=O) groups is 1. The summed E-state index contributed by atoms with van der Waals surface area (Å²) in [5, 5.41) is 13.1. The van der Waals surface area contributed by atoms with E-state index in [-0.39, 0.29) is 17.6 Å². The van der Waals surface area contributed by atoms with Crippen LogP contribution in [0.15, 0.2) is 53.5 Å². The Labute approximate surface area is 120 Å². The van der Waals surface area contributed by atoms with E-state index in [2.05, 4.69) is 11.9 Å². The summed E-state index contributed by atoms with van der Waals surface area (Å²) < 4.78 is 4.90. The first-order valence-corrected chi connectivity index (χ1v) is 6.04. The van der Waals surface area contributed by atoms with Crippen LogP contribution in [0.5, 0.6) is 0 Å². The van der Waals surface area contributed by atoms with E-state index in [4.69, 9.17) is 4.42 Å². The van der Waals surface area contributed by atoms with Crippen molar-refractivity contribution in [1.82, 2.24) is 0 Å². The molecule has 1 heterocycles. The zero-order valence-corrected chi connectivity index (χ0v) is 11.0. The molecule has 0 aliphatic rings. The van der Waals surface area contributed by atoms with Crippen LogP contribution in [0.4, 0.5) is 11.6 Å². The van der Waals surface area contributed by atoms with Crippen LogP contribution >= 0.6 is 0 Å². The number of anilines is 1. The zero-order chi connectivity index (χ0) is 15.2. The van der Waals surface area contributed by atoms with Gasteiger partial charge in [0.25, 0.3) is 0 Å². The lowest BCUT2D eigenvalue weighted by molar-refractivity contribution is -0.402. The number of amides is 1. The van der Waals surface area contributed by atoms with Crippen molar-refractivity contribution in [1.29, 1.82) is 0 Å². The van der Waals surface area contributed by atoms with Crippen molar-refractivity contribution < 1.29 is 14.1 Å². The maximum atomic E-state index is 11.7. The third-order valence-corrected chi connectivity index (χ3v) is 2.58. The summed E-state index contributed by atoms with van der Waals surface area (Å²) in [7, 11) is 0. The zero-order valence-electron chi connectivity index (χ0n) is 11.0. The van der Waals surface area contributed by atoms with Crippen molar-refractivity contribution in [3.8, 4) is 0 Å². The van der Waals surface area contributed by atoms with Crippen molar-refractivity contribution in [2.75, 3.05) is 5.32 Å². The lowest BCUT2D eigenvalue weighted by atomic mass is 10.2. The maximum Gasteiger partial charge on any atom is 0.433 e. The molecule has 0 bridgehead atoms. The van der Waals surface area contributed by atoms with Gasteiger partial charge >= 0.3 is 5.88 Å². The fourth-order valence-electron chi connectivity index (χ4n) is 1.62. The minimum atomic E-state index is -0.641. The van der Waals surface area contributed by atoms with Crippen LogP contribution in [-0.2, 0) is 4.79 Å². The predicted molar refractivity (Wildman–Crippen MR) is 79.6 cm³/mol. The van der Waals surface area contributed by atoms with Gasteiger partial charge in [-0.2, -0.15) is 0 Å². The molecule has 0 saturated carbocycles. The average Bonchev–Trinajstić information content (AvgIpc) is 2.94. The summed E-state index contributed by atoms with van der Waals surface area (Å²) in [6.45, 7) is 3.65. The molecule has 1 amide bonds. The molecular weight excluding hydrogens is 272 g/mol. The van der Waals surface area contributed by atoms with Gasteiger partial charge in [0, 0.05) is 11.8 Å². The molecule has 2 aromatic rings. The van der Waals surface area contributed by atoms with Gasteiger partial charge in [-0.15, -0.1) is 0 Å². The molecule has 0 fully saturated rings. The van der Waals surface area contributed by atoms with Crippen LogP contribution < -0.4 is 5.32 Å². The molecule has 0 unspecified atom stereocenters. The van der Waals surface area contributed by atoms with Crippen LogP contribution in [0.1, 0.15) is 11.3 Å². The first-order chi connectivity index (χ1) is 10.1. The highest BCUT2D eigenvalue weighted by Gasteiger charge is 2.10. The highest BCUT2D eigenvalue weighted by molar-refractivity contribution is 6.01. The second kappa shape index (κ2) is 6.33. The van der Waals surface area contributed by atoms with Crippen LogP contribution in [0.25, 0.3) is 12.2 Å². The molecule has 0 radical (unpaired) electrons. The molecule has 21 heavy (non-hydrogen) atoms. The highest BCUT2D eigenvalue weighted by atomic mass is 16.6. The molecular formula is C15H12N2O4. The second-order valence-corrected chi connectivity index (χ2v) is 4.09. The standard InChI is InChI=1S/C15H12N2O4/c1-2-11-4-3-5-12(10-11)16-14(18)8-6-13-7-9-15(21-13)17(19)20/h2-10H,1H2,(H,16,18)/b8-6+. The highest BCUT2D eigenvalue weighted by Crippen LogP contribution is 2.17. The summed E-state index contributed by atoms with van der Waals surface area (Å²) in [5.74, 6) is -0.499. The van der Waals surface area contributed by atoms with Crippen LogP contribution in [0.2, 0.25) is 0 Å². The Morgan fingerprint density at radius 2 is 2.14 bits per heavy atom. The molecule has 6 nitrogen and oxygen atoms in total. The summed E-state index contributed by atoms with van der Waals surface area (Å²) in [6, 6.07) is 9.82. The molecule has 0 saturated heterocycles. The van der Waals surface area contributed by atoms with E-state index in [1.807, 2.05) is 6.07 Å². The molecule has 2 rings (SSSR count). The van der Waals surface area contributed by atoms with E-state index in [0.717, 1.165) is 5.56 Å². The lowest BCUT2D eigenvalue weighted by Crippen LogP contribution is -2.07. The quantitative estimate of drug-likeness (QED) is 0.517. The van der Waals surface area contributed by atoms with E-state index >= 15 is 0 Å². The molecule has 0 spiro atoms. The smallest absolute Gasteiger partial charge is 0.401 e. The van der Waals surface area contributed by atoms with Gasteiger partial charge in [0.15, 0.2) is 0 Å². The van der Waals surface area contributed by atoms with Crippen molar-refractivity contribution in [2.24, 2.45) is 0 Å². The fourth-order valence-corrected chi connectivity index (χ4v) is 1.62. The Morgan fingerprint density at radius 3 is 2.81 bits per heavy atom. The van der Waals surface area contributed by atoms with Gasteiger partial charge in [-0.1, -0.05) is 24.8 Å². The molecule has 1 aromatic heterocycles. The summed E-state index contributed by atoms with van der Waals surface area (Å²) in [5.41, 5.74) is 1.52. The Kier molecular flexibility index (Phi) is 4.30. The molecule has 1 N–H and O–H groups in total. The summed E-state index contributed by atoms with van der Waals surface area (Å²) >= 11 is 0. The van der Waals surface area contributed by atoms with Gasteiger partial charge in [0.2, 0.25) is 5.91 Å². The van der Waals surface area contributed by atoms with Crippen molar-refractivity contribution in [2.45, 2.75) is 0 Å². The Morgan fingerprint density at radius 1 is 1.33 bits per heavy atom. The molecule has 6 heteroatoms. The number of nitrogens with zero attached hydrogens (tertiary/aromatic N) is 1. The van der Waals surface area contributed by atoms with Gasteiger partial charge in [0.1, 0.15) is 10.7 Å². The lowest BCUT2D eigenvalue weighted by Gasteiger charge is -2.02. The monoisotopic (exact) mass is 284 g/mol. The largest absolute Gasteiger partial charge is 0.433 e. The summed E-state index contributed by atoms with van der Waals surface area (Å²) in [4.78, 5) is 21.5. The molecule has 106 valence electrons. The van der Waals surface area contributed by atoms with Gasteiger partial charge in [0.05, 0.1) is 6.07 Å². The number of carbonyl (C=O) groups excluding carboxylic acids is 1. The number of benzene rings is 1. The Hall–Kier alpha value is -3.15. The summed E-state index contributed by atoms with van der Waals surface area (Å²) in [6.07, 6.45) is 4.27. The SMILES string of the molecule is C=Cc1cccc(NC(=O)/C=C/c2ccc([N+](=O)[O-])o2)c1. The average molecular weight is 284 g/mol. The molecule has 0 aliphatic heterocycles. The van der Waals surface area contributed by atoms with Crippen molar-refractivity contribution in [3.63, 3.8) is 0 Å². The third-order valence-electron chi connectivity index (χ3n) is 2.58. The van der Waals surface area contributed by atoms with E-state index in [1.165, 1.54) is 24.3 Å². The Balaban J connectivity index is 2.01.